The van der Waals surface area contributed by atoms with Gasteiger partial charge in [0.15, 0.2) is 6.10 Å². The van der Waals surface area contributed by atoms with Gasteiger partial charge in [0.25, 0.3) is 0 Å². The first kappa shape index (κ1) is 90.9. The molecule has 0 saturated heterocycles. The average molecular weight is 1340 g/mol. The number of hydrogen-bond acceptors (Lipinski definition) is 7. The number of likely N-dealkylation sites (N-methyl/N-ethyl adjacent to an activating group) is 1. The van der Waals surface area contributed by atoms with E-state index in [1.54, 1.807) is 0 Å². The molecular weight excluding hydrogens is 1180 g/mol. The van der Waals surface area contributed by atoms with Gasteiger partial charge in [0, 0.05) is 12.8 Å². The molecule has 0 fully saturated rings. The number of ether oxygens (including phenoxy) is 2. The first-order chi connectivity index (χ1) is 46.0. The quantitative estimate of drug-likeness (QED) is 0.0211. The van der Waals surface area contributed by atoms with Crippen LogP contribution in [0.1, 0.15) is 373 Å². The molecule has 94 heavy (non-hydrogen) atoms. The van der Waals surface area contributed by atoms with Gasteiger partial charge >= 0.3 is 19.8 Å². The maximum absolute atomic E-state index is 12.9. The molecule has 2 unspecified atom stereocenters. The molecule has 0 radical (unpaired) electrons. The Labute approximate surface area is 583 Å². The summed E-state index contributed by atoms with van der Waals surface area (Å²) in [5.41, 5.74) is 0. The predicted molar refractivity (Wildman–Crippen MR) is 408 cm³/mol. The number of phosphoric acid groups is 1. The molecule has 0 heterocycles. The minimum absolute atomic E-state index is 0.0293. The van der Waals surface area contributed by atoms with Crippen LogP contribution >= 0.6 is 7.82 Å². The maximum Gasteiger partial charge on any atom is 0.472 e. The normalized spacial score (nSPS) is 13.6. The standard InChI is InChI=1S/C84H152NO8P/c1-6-8-10-12-14-16-18-20-22-24-26-28-30-32-34-36-38-40-41-42-43-45-46-48-50-52-54-56-58-60-62-64-66-68-70-72-74-76-83(86)90-80-82(81-92-94(88,89)91-79-78-85(3,4)5)93-84(87)77-75-73-71-69-67-65-63-61-59-57-55-53-51-49-47-44-39-37-35-33-31-29-27-25-23-21-19-17-15-13-11-9-7-2/h9,11,15,17,21,23-24,26-27,29,33,35,39,44,49,51,82H,6-8,10,12-14,16,18-20,22,25,28,30-32,34,36-38,40-43,45-48,50,52-81H2,1-5H3/p+1/b11-9-,17-15-,23-21-,26-24-,29-27-,35-33-,44-39-,51-49-. The molecule has 0 aromatic rings. The zero-order valence-corrected chi connectivity index (χ0v) is 63.3. The monoisotopic (exact) mass is 1340 g/mol. The number of nitrogens with zero attached hydrogens (tertiary/aromatic N) is 1. The molecule has 10 heteroatoms. The highest BCUT2D eigenvalue weighted by Gasteiger charge is 2.27. The summed E-state index contributed by atoms with van der Waals surface area (Å²) in [5.74, 6) is -0.788. The fourth-order valence-electron chi connectivity index (χ4n) is 11.5. The van der Waals surface area contributed by atoms with Crippen LogP contribution in [0, 0.1) is 0 Å². The SMILES string of the molecule is CC/C=C\C/C=C\C/C=C\C/C=C\C/C=C\C/C=C\C/C=C\CCCCCCCCCCCCCC(=O)OC(COC(=O)CCCCCCCCCCCCCCCCCCCCCCCCCCC/C=C\CCCCCCCCCC)COP(=O)(O)OCC[N+](C)(C)C. The first-order valence-electron chi connectivity index (χ1n) is 40.0. The molecule has 546 valence electrons. The van der Waals surface area contributed by atoms with E-state index in [0.29, 0.717) is 17.4 Å². The molecule has 0 bridgehead atoms. The molecule has 0 amide bonds. The van der Waals surface area contributed by atoms with Crippen LogP contribution in [0.25, 0.3) is 0 Å². The molecular formula is C84H153NO8P+. The Morgan fingerprint density at radius 3 is 0.915 bits per heavy atom. The lowest BCUT2D eigenvalue weighted by Crippen LogP contribution is -2.37. The largest absolute Gasteiger partial charge is 0.472 e. The van der Waals surface area contributed by atoms with Gasteiger partial charge in [0.05, 0.1) is 27.7 Å². The lowest BCUT2D eigenvalue weighted by atomic mass is 10.0. The second-order valence-corrected chi connectivity index (χ2v) is 29.5. The van der Waals surface area contributed by atoms with Crippen LogP contribution in [0.2, 0.25) is 0 Å². The van der Waals surface area contributed by atoms with Gasteiger partial charge in [-0.3, -0.25) is 18.6 Å². The summed E-state index contributed by atoms with van der Waals surface area (Å²) in [4.78, 5) is 36.0. The zero-order chi connectivity index (χ0) is 68.3. The predicted octanol–water partition coefficient (Wildman–Crippen LogP) is 26.6. The fraction of sp³-hybridized carbons (Fsp3) is 0.786. The van der Waals surface area contributed by atoms with E-state index in [4.69, 9.17) is 18.5 Å². The van der Waals surface area contributed by atoms with Crippen LogP contribution < -0.4 is 0 Å². The summed E-state index contributed by atoms with van der Waals surface area (Å²) in [5, 5.41) is 0. The lowest BCUT2D eigenvalue weighted by Gasteiger charge is -2.24. The maximum atomic E-state index is 12.9. The number of unbranched alkanes of at least 4 members (excludes halogenated alkanes) is 44. The van der Waals surface area contributed by atoms with Gasteiger partial charge in [-0.2, -0.15) is 0 Å². The summed E-state index contributed by atoms with van der Waals surface area (Å²) in [6.45, 7) is 4.36. The van der Waals surface area contributed by atoms with E-state index < -0.39 is 26.5 Å². The number of esters is 2. The van der Waals surface area contributed by atoms with Crippen molar-refractivity contribution in [2.24, 2.45) is 0 Å². The lowest BCUT2D eigenvalue weighted by molar-refractivity contribution is -0.870. The van der Waals surface area contributed by atoms with Gasteiger partial charge in [-0.25, -0.2) is 4.57 Å². The van der Waals surface area contributed by atoms with E-state index >= 15 is 0 Å². The number of allylic oxidation sites excluding steroid dienone is 16. The van der Waals surface area contributed by atoms with E-state index in [0.717, 1.165) is 89.9 Å². The summed E-state index contributed by atoms with van der Waals surface area (Å²) in [6.07, 6.45) is 104. The van der Waals surface area contributed by atoms with Crippen molar-refractivity contribution in [2.45, 2.75) is 380 Å². The van der Waals surface area contributed by atoms with Crippen LogP contribution in [0.3, 0.4) is 0 Å². The van der Waals surface area contributed by atoms with E-state index in [1.165, 1.54) is 250 Å². The molecule has 1 N–H and O–H groups in total. The average Bonchev–Trinajstić information content (AvgIpc) is 1.56. The van der Waals surface area contributed by atoms with Crippen molar-refractivity contribution in [1.29, 1.82) is 0 Å². The minimum Gasteiger partial charge on any atom is -0.462 e. The first-order valence-corrected chi connectivity index (χ1v) is 41.5. The van der Waals surface area contributed by atoms with E-state index in [9.17, 15) is 19.0 Å². The number of carbonyl (C=O) groups is 2. The Morgan fingerprint density at radius 2 is 0.606 bits per heavy atom. The van der Waals surface area contributed by atoms with Gasteiger partial charge < -0.3 is 18.9 Å². The van der Waals surface area contributed by atoms with Crippen molar-refractivity contribution in [3.63, 3.8) is 0 Å². The highest BCUT2D eigenvalue weighted by molar-refractivity contribution is 7.47. The summed E-state index contributed by atoms with van der Waals surface area (Å²) < 4.78 is 34.8. The topological polar surface area (TPSA) is 108 Å². The molecule has 0 aromatic carbocycles. The number of quaternary nitrogens is 1. The Hall–Kier alpha value is -3.07. The Morgan fingerprint density at radius 1 is 0.340 bits per heavy atom. The van der Waals surface area contributed by atoms with Crippen LogP contribution in [-0.4, -0.2) is 74.9 Å². The molecule has 0 saturated carbocycles. The van der Waals surface area contributed by atoms with E-state index in [1.807, 2.05) is 21.1 Å². The van der Waals surface area contributed by atoms with E-state index in [2.05, 4.69) is 111 Å². The van der Waals surface area contributed by atoms with E-state index in [-0.39, 0.29) is 32.0 Å². The van der Waals surface area contributed by atoms with Crippen molar-refractivity contribution in [3.8, 4) is 0 Å². The van der Waals surface area contributed by atoms with Crippen molar-refractivity contribution in [1.82, 2.24) is 0 Å². The third kappa shape index (κ3) is 77.9. The van der Waals surface area contributed by atoms with Gasteiger partial charge in [-0.15, -0.1) is 0 Å². The number of carbonyl (C=O) groups excluding carboxylic acids is 2. The Kier molecular flexibility index (Phi) is 71.7. The second kappa shape index (κ2) is 74.2. The van der Waals surface area contributed by atoms with Crippen molar-refractivity contribution < 1.29 is 42.1 Å². The van der Waals surface area contributed by atoms with Gasteiger partial charge in [0.1, 0.15) is 19.8 Å². The molecule has 0 aliphatic carbocycles. The van der Waals surface area contributed by atoms with Gasteiger partial charge in [-0.1, -0.05) is 361 Å². The molecule has 0 spiro atoms. The third-order valence-corrected chi connectivity index (χ3v) is 18.6. The molecule has 0 aliphatic rings. The van der Waals surface area contributed by atoms with Crippen molar-refractivity contribution >= 4 is 19.8 Å². The Bertz CT molecular complexity index is 1910. The number of phosphoric ester groups is 1. The molecule has 0 rings (SSSR count). The van der Waals surface area contributed by atoms with Crippen molar-refractivity contribution in [2.75, 3.05) is 47.5 Å². The summed E-state index contributed by atoms with van der Waals surface area (Å²) >= 11 is 0. The van der Waals surface area contributed by atoms with Crippen molar-refractivity contribution in [3.05, 3.63) is 97.2 Å². The van der Waals surface area contributed by atoms with Crippen LogP contribution in [0.15, 0.2) is 97.2 Å². The highest BCUT2D eigenvalue weighted by atomic mass is 31.2. The van der Waals surface area contributed by atoms with Crippen LogP contribution in [-0.2, 0) is 32.7 Å². The second-order valence-electron chi connectivity index (χ2n) is 28.1. The zero-order valence-electron chi connectivity index (χ0n) is 62.4. The highest BCUT2D eigenvalue weighted by Crippen LogP contribution is 2.43. The third-order valence-electron chi connectivity index (χ3n) is 17.6. The minimum atomic E-state index is -4.40. The Balaban J connectivity index is 3.96. The number of rotatable bonds is 74. The summed E-state index contributed by atoms with van der Waals surface area (Å²) in [6, 6.07) is 0. The number of hydrogen-bond donors (Lipinski definition) is 1. The fourth-order valence-corrected chi connectivity index (χ4v) is 12.3. The van der Waals surface area contributed by atoms with Gasteiger partial charge in [0.2, 0.25) is 0 Å². The molecule has 0 aromatic heterocycles. The molecule has 0 aliphatic heterocycles. The van der Waals surface area contributed by atoms with Gasteiger partial charge in [-0.05, 0) is 96.3 Å². The van der Waals surface area contributed by atoms with Crippen LogP contribution in [0.5, 0.6) is 0 Å². The smallest absolute Gasteiger partial charge is 0.462 e. The van der Waals surface area contributed by atoms with Crippen LogP contribution in [0.4, 0.5) is 0 Å². The molecule has 2 atom stereocenters. The molecule has 9 nitrogen and oxygen atoms in total. The summed E-state index contributed by atoms with van der Waals surface area (Å²) in [7, 11) is 1.48.